The third-order valence-corrected chi connectivity index (χ3v) is 2.65. The summed E-state index contributed by atoms with van der Waals surface area (Å²) in [7, 11) is 0. The van der Waals surface area contributed by atoms with E-state index in [-0.39, 0.29) is 11.6 Å². The molecule has 0 spiro atoms. The molecule has 2 nitrogen and oxygen atoms in total. The van der Waals surface area contributed by atoms with Gasteiger partial charge in [-0.3, -0.25) is 4.79 Å². The number of benzene rings is 1. The number of hydrogen-bond donors (Lipinski definition) is 1. The molecule has 1 rings (SSSR count). The smallest absolute Gasteiger partial charge is 0.350 e. The van der Waals surface area contributed by atoms with Crippen LogP contribution in [0.3, 0.4) is 0 Å². The monoisotopic (exact) mass is 273 g/mol. The summed E-state index contributed by atoms with van der Waals surface area (Å²) in [5.41, 5.74) is -0.776. The van der Waals surface area contributed by atoms with E-state index in [1.165, 1.54) is 12.1 Å². The lowest BCUT2D eigenvalue weighted by atomic mass is 10.0. The first-order valence-corrected chi connectivity index (χ1v) is 6.18. The van der Waals surface area contributed by atoms with Gasteiger partial charge in [-0.15, -0.1) is 0 Å². The molecule has 106 valence electrons. The molecule has 1 atom stereocenters. The van der Waals surface area contributed by atoms with Gasteiger partial charge in [0.05, 0.1) is 5.56 Å². The molecule has 1 aromatic rings. The zero-order valence-corrected chi connectivity index (χ0v) is 11.2. The summed E-state index contributed by atoms with van der Waals surface area (Å²) in [5.74, 6) is -0.0592. The molecule has 0 heterocycles. The van der Waals surface area contributed by atoms with Gasteiger partial charge in [0.1, 0.15) is 0 Å². The van der Waals surface area contributed by atoms with Crippen molar-refractivity contribution >= 4 is 5.91 Å². The first-order valence-electron chi connectivity index (χ1n) is 6.18. The first kappa shape index (κ1) is 15.5. The molecule has 0 fully saturated rings. The van der Waals surface area contributed by atoms with Crippen molar-refractivity contribution in [3.8, 4) is 0 Å². The van der Waals surface area contributed by atoms with E-state index in [2.05, 4.69) is 5.32 Å². The summed E-state index contributed by atoms with van der Waals surface area (Å²) in [6, 6.07) is 4.38. The summed E-state index contributed by atoms with van der Waals surface area (Å²) in [4.78, 5) is 11.8. The molecule has 1 N–H and O–H groups in total. The van der Waals surface area contributed by atoms with Crippen LogP contribution in [0.1, 0.15) is 43.1 Å². The van der Waals surface area contributed by atoms with Crippen molar-refractivity contribution in [3.63, 3.8) is 0 Å². The van der Waals surface area contributed by atoms with Gasteiger partial charge in [0.25, 0.3) is 5.91 Å². The molecule has 0 saturated heterocycles. The van der Waals surface area contributed by atoms with E-state index in [1.54, 1.807) is 0 Å². The normalized spacial score (nSPS) is 13.4. The number of alkyl halides is 3. The summed E-state index contributed by atoms with van der Waals surface area (Å²) in [5, 5.41) is 2.70. The molecule has 0 aromatic heterocycles. The Morgan fingerprint density at radius 2 is 1.89 bits per heavy atom. The second kappa shape index (κ2) is 6.08. The van der Waals surface area contributed by atoms with Gasteiger partial charge in [-0.25, -0.2) is 0 Å². The highest BCUT2D eigenvalue weighted by atomic mass is 19.4. The predicted octanol–water partition coefficient (Wildman–Crippen LogP) is 3.87. The molecule has 1 amide bonds. The van der Waals surface area contributed by atoms with Crippen LogP contribution in [0.5, 0.6) is 0 Å². The SMILES string of the molecule is CC(C)CC(C)NC(=O)c1cccc(C(F)(F)F)c1. The molecule has 0 bridgehead atoms. The van der Waals surface area contributed by atoms with Crippen molar-refractivity contribution < 1.29 is 18.0 Å². The van der Waals surface area contributed by atoms with E-state index < -0.39 is 17.6 Å². The average molecular weight is 273 g/mol. The van der Waals surface area contributed by atoms with Gasteiger partial charge >= 0.3 is 6.18 Å². The Labute approximate surface area is 111 Å². The molecule has 0 saturated carbocycles. The van der Waals surface area contributed by atoms with Crippen LogP contribution in [0.2, 0.25) is 0 Å². The Balaban J connectivity index is 2.78. The topological polar surface area (TPSA) is 29.1 Å². The number of carbonyl (C=O) groups excluding carboxylic acids is 1. The first-order chi connectivity index (χ1) is 8.70. The van der Waals surface area contributed by atoms with Gasteiger partial charge in [-0.1, -0.05) is 19.9 Å². The number of carbonyl (C=O) groups is 1. The average Bonchev–Trinajstić information content (AvgIpc) is 2.26. The Kier molecular flexibility index (Phi) is 4.97. The third kappa shape index (κ3) is 4.93. The van der Waals surface area contributed by atoms with Crippen LogP contribution in [0.4, 0.5) is 13.2 Å². The van der Waals surface area contributed by atoms with Crippen LogP contribution in [0.15, 0.2) is 24.3 Å². The van der Waals surface area contributed by atoms with Crippen LogP contribution >= 0.6 is 0 Å². The largest absolute Gasteiger partial charge is 0.416 e. The third-order valence-electron chi connectivity index (χ3n) is 2.65. The van der Waals surface area contributed by atoms with Crippen LogP contribution in [0, 0.1) is 5.92 Å². The maximum Gasteiger partial charge on any atom is 0.416 e. The highest BCUT2D eigenvalue weighted by Gasteiger charge is 2.30. The quantitative estimate of drug-likeness (QED) is 0.886. The molecule has 0 aliphatic carbocycles. The van der Waals surface area contributed by atoms with Crippen LogP contribution in [-0.2, 0) is 6.18 Å². The van der Waals surface area contributed by atoms with E-state index in [0.29, 0.717) is 5.92 Å². The fourth-order valence-electron chi connectivity index (χ4n) is 1.91. The molecule has 1 unspecified atom stereocenters. The molecular formula is C14H18F3NO. The van der Waals surface area contributed by atoms with Crippen LogP contribution in [0.25, 0.3) is 0 Å². The highest BCUT2D eigenvalue weighted by Crippen LogP contribution is 2.29. The minimum Gasteiger partial charge on any atom is -0.350 e. The van der Waals surface area contributed by atoms with Gasteiger partial charge in [0.2, 0.25) is 0 Å². The molecule has 0 aliphatic heterocycles. The minimum absolute atomic E-state index is 0.0328. The van der Waals surface area contributed by atoms with Crippen molar-refractivity contribution in [3.05, 3.63) is 35.4 Å². The van der Waals surface area contributed by atoms with Crippen molar-refractivity contribution in [2.24, 2.45) is 5.92 Å². The van der Waals surface area contributed by atoms with Crippen molar-refractivity contribution in [1.29, 1.82) is 0 Å². The molecule has 19 heavy (non-hydrogen) atoms. The van der Waals surface area contributed by atoms with Crippen molar-refractivity contribution in [1.82, 2.24) is 5.32 Å². The zero-order chi connectivity index (χ0) is 14.6. The lowest BCUT2D eigenvalue weighted by Gasteiger charge is -2.16. The Morgan fingerprint density at radius 1 is 1.26 bits per heavy atom. The lowest BCUT2D eigenvalue weighted by Crippen LogP contribution is -2.33. The number of amides is 1. The standard InChI is InChI=1S/C14H18F3NO/c1-9(2)7-10(3)18-13(19)11-5-4-6-12(8-11)14(15,16)17/h4-6,8-10H,7H2,1-3H3,(H,18,19). The van der Waals surface area contributed by atoms with Crippen molar-refractivity contribution in [2.45, 2.75) is 39.4 Å². The fraction of sp³-hybridized carbons (Fsp3) is 0.500. The van der Waals surface area contributed by atoms with E-state index in [1.807, 2.05) is 20.8 Å². The van der Waals surface area contributed by atoms with Gasteiger partial charge in [0, 0.05) is 11.6 Å². The van der Waals surface area contributed by atoms with E-state index >= 15 is 0 Å². The number of hydrogen-bond acceptors (Lipinski definition) is 1. The highest BCUT2D eigenvalue weighted by molar-refractivity contribution is 5.94. The second-order valence-corrected chi connectivity index (χ2v) is 5.08. The number of rotatable bonds is 4. The number of nitrogens with one attached hydrogen (secondary N) is 1. The summed E-state index contributed by atoms with van der Waals surface area (Å²) in [6.45, 7) is 5.88. The Morgan fingerprint density at radius 3 is 2.42 bits per heavy atom. The van der Waals surface area contributed by atoms with Crippen molar-refractivity contribution in [2.75, 3.05) is 0 Å². The van der Waals surface area contributed by atoms with E-state index in [0.717, 1.165) is 18.6 Å². The maximum absolute atomic E-state index is 12.5. The van der Waals surface area contributed by atoms with E-state index in [4.69, 9.17) is 0 Å². The fourth-order valence-corrected chi connectivity index (χ4v) is 1.91. The lowest BCUT2D eigenvalue weighted by molar-refractivity contribution is -0.137. The zero-order valence-electron chi connectivity index (χ0n) is 11.2. The van der Waals surface area contributed by atoms with Crippen LogP contribution in [-0.4, -0.2) is 11.9 Å². The second-order valence-electron chi connectivity index (χ2n) is 5.08. The van der Waals surface area contributed by atoms with E-state index in [9.17, 15) is 18.0 Å². The predicted molar refractivity (Wildman–Crippen MR) is 67.8 cm³/mol. The summed E-state index contributed by atoms with van der Waals surface area (Å²) in [6.07, 6.45) is -3.65. The minimum atomic E-state index is -4.43. The molecule has 5 heteroatoms. The molecule has 0 radical (unpaired) electrons. The van der Waals surface area contributed by atoms with Gasteiger partial charge in [-0.05, 0) is 37.5 Å². The molecule has 1 aromatic carbocycles. The van der Waals surface area contributed by atoms with Crippen LogP contribution < -0.4 is 5.32 Å². The van der Waals surface area contributed by atoms with Gasteiger partial charge in [0.15, 0.2) is 0 Å². The maximum atomic E-state index is 12.5. The summed E-state index contributed by atoms with van der Waals surface area (Å²) >= 11 is 0. The van der Waals surface area contributed by atoms with Gasteiger partial charge < -0.3 is 5.32 Å². The van der Waals surface area contributed by atoms with Gasteiger partial charge in [-0.2, -0.15) is 13.2 Å². The Hall–Kier alpha value is -1.52. The Bertz CT molecular complexity index is 441. The number of halogens is 3. The molecule has 0 aliphatic rings. The molecular weight excluding hydrogens is 255 g/mol. The summed E-state index contributed by atoms with van der Waals surface area (Å²) < 4.78 is 37.6.